The van der Waals surface area contributed by atoms with E-state index in [4.69, 9.17) is 5.73 Å². The molecule has 0 aliphatic heterocycles. The van der Waals surface area contributed by atoms with Gasteiger partial charge in [0.25, 0.3) is 0 Å². The van der Waals surface area contributed by atoms with Crippen molar-refractivity contribution in [2.24, 2.45) is 5.73 Å². The van der Waals surface area contributed by atoms with Crippen molar-refractivity contribution in [1.29, 1.82) is 0 Å². The Morgan fingerprint density at radius 1 is 1.21 bits per heavy atom. The highest BCUT2D eigenvalue weighted by atomic mass is 19.1. The summed E-state index contributed by atoms with van der Waals surface area (Å²) in [5.41, 5.74) is 8.11. The molecular weight excluding hydrogens is 241 g/mol. The lowest BCUT2D eigenvalue weighted by molar-refractivity contribution is 0.602. The van der Waals surface area contributed by atoms with Gasteiger partial charge in [-0.1, -0.05) is 17.7 Å². The third kappa shape index (κ3) is 2.74. The van der Waals surface area contributed by atoms with Crippen LogP contribution in [0, 0.1) is 12.7 Å². The first-order valence-electron chi connectivity index (χ1n) is 6.35. The monoisotopic (exact) mass is 259 g/mol. The average molecular weight is 259 g/mol. The van der Waals surface area contributed by atoms with E-state index in [1.165, 1.54) is 5.56 Å². The maximum Gasteiger partial charge on any atom is 0.170 e. The lowest BCUT2D eigenvalue weighted by Crippen LogP contribution is -2.20. The van der Waals surface area contributed by atoms with Gasteiger partial charge in [0.15, 0.2) is 11.6 Å². The smallest absolute Gasteiger partial charge is 0.170 e. The predicted octanol–water partition coefficient (Wildman–Crippen LogP) is 3.15. The molecule has 0 fully saturated rings. The van der Waals surface area contributed by atoms with Crippen LogP contribution in [0.4, 0.5) is 15.9 Å². The molecule has 2 N–H and O–H groups in total. The van der Waals surface area contributed by atoms with Crippen LogP contribution in [0.3, 0.4) is 0 Å². The van der Waals surface area contributed by atoms with E-state index in [-0.39, 0.29) is 12.4 Å². The highest BCUT2D eigenvalue weighted by molar-refractivity contribution is 5.61. The molecular formula is C15H18FN3. The maximum absolute atomic E-state index is 14.3. The minimum Gasteiger partial charge on any atom is -0.326 e. The molecule has 0 saturated heterocycles. The van der Waals surface area contributed by atoms with Gasteiger partial charge in [-0.05, 0) is 32.0 Å². The van der Waals surface area contributed by atoms with Gasteiger partial charge in [0, 0.05) is 30.5 Å². The molecule has 2 rings (SSSR count). The van der Waals surface area contributed by atoms with E-state index in [1.807, 2.05) is 43.0 Å². The quantitative estimate of drug-likeness (QED) is 0.917. The van der Waals surface area contributed by atoms with Gasteiger partial charge in [-0.2, -0.15) is 0 Å². The number of hydrogen-bond acceptors (Lipinski definition) is 3. The van der Waals surface area contributed by atoms with Crippen LogP contribution in [0.25, 0.3) is 0 Å². The average Bonchev–Trinajstić information content (AvgIpc) is 2.43. The second-order valence-electron chi connectivity index (χ2n) is 4.39. The van der Waals surface area contributed by atoms with Crippen molar-refractivity contribution in [2.45, 2.75) is 20.4 Å². The maximum atomic E-state index is 14.3. The van der Waals surface area contributed by atoms with Crippen molar-refractivity contribution in [1.82, 2.24) is 4.98 Å². The second kappa shape index (κ2) is 5.80. The molecule has 0 saturated carbocycles. The summed E-state index contributed by atoms with van der Waals surface area (Å²) in [6.07, 6.45) is 1.59. The number of nitrogens with zero attached hydrogens (tertiary/aromatic N) is 2. The molecule has 0 amide bonds. The second-order valence-corrected chi connectivity index (χ2v) is 4.39. The van der Waals surface area contributed by atoms with Crippen LogP contribution in [0.1, 0.15) is 18.1 Å². The van der Waals surface area contributed by atoms with E-state index in [0.29, 0.717) is 17.9 Å². The van der Waals surface area contributed by atoms with Gasteiger partial charge >= 0.3 is 0 Å². The first-order valence-corrected chi connectivity index (χ1v) is 6.35. The highest BCUT2D eigenvalue weighted by Gasteiger charge is 2.15. The molecule has 3 nitrogen and oxygen atoms in total. The van der Waals surface area contributed by atoms with Crippen LogP contribution in [0.5, 0.6) is 0 Å². The molecule has 0 aliphatic carbocycles. The van der Waals surface area contributed by atoms with E-state index in [9.17, 15) is 4.39 Å². The van der Waals surface area contributed by atoms with E-state index in [0.717, 1.165) is 5.69 Å². The van der Waals surface area contributed by atoms with Crippen molar-refractivity contribution in [3.63, 3.8) is 0 Å². The summed E-state index contributed by atoms with van der Waals surface area (Å²) in [6.45, 7) is 4.80. The van der Waals surface area contributed by atoms with Gasteiger partial charge in [0.05, 0.1) is 0 Å². The minimum absolute atomic E-state index is 0.173. The van der Waals surface area contributed by atoms with Crippen molar-refractivity contribution >= 4 is 11.5 Å². The molecule has 2 aromatic rings. The fraction of sp³-hybridized carbons (Fsp3) is 0.267. The topological polar surface area (TPSA) is 42.2 Å². The summed E-state index contributed by atoms with van der Waals surface area (Å²) in [5, 5.41) is 0. The van der Waals surface area contributed by atoms with Gasteiger partial charge in [0.2, 0.25) is 0 Å². The lowest BCUT2D eigenvalue weighted by Gasteiger charge is -2.23. The van der Waals surface area contributed by atoms with Crippen LogP contribution < -0.4 is 10.6 Å². The number of aromatic nitrogens is 1. The van der Waals surface area contributed by atoms with Crippen LogP contribution in [0.15, 0.2) is 36.5 Å². The minimum atomic E-state index is -0.340. The number of anilines is 2. The largest absolute Gasteiger partial charge is 0.326 e. The Morgan fingerprint density at radius 3 is 2.47 bits per heavy atom. The Hall–Kier alpha value is -1.94. The third-order valence-electron chi connectivity index (χ3n) is 3.09. The van der Waals surface area contributed by atoms with Crippen molar-refractivity contribution in [3.8, 4) is 0 Å². The molecule has 100 valence electrons. The summed E-state index contributed by atoms with van der Waals surface area (Å²) < 4.78 is 14.3. The number of aryl methyl sites for hydroxylation is 1. The molecule has 0 bridgehead atoms. The molecule has 19 heavy (non-hydrogen) atoms. The predicted molar refractivity (Wildman–Crippen MR) is 75.9 cm³/mol. The van der Waals surface area contributed by atoms with Gasteiger partial charge in [-0.15, -0.1) is 0 Å². The van der Waals surface area contributed by atoms with E-state index in [2.05, 4.69) is 4.98 Å². The highest BCUT2D eigenvalue weighted by Crippen LogP contribution is 2.27. The zero-order chi connectivity index (χ0) is 13.8. The van der Waals surface area contributed by atoms with Gasteiger partial charge in [0.1, 0.15) is 0 Å². The fourth-order valence-corrected chi connectivity index (χ4v) is 2.00. The molecule has 0 atom stereocenters. The Kier molecular flexibility index (Phi) is 4.12. The van der Waals surface area contributed by atoms with Crippen molar-refractivity contribution in [3.05, 3.63) is 53.5 Å². The lowest BCUT2D eigenvalue weighted by atomic mass is 10.2. The zero-order valence-corrected chi connectivity index (χ0v) is 11.2. The summed E-state index contributed by atoms with van der Waals surface area (Å²) in [4.78, 5) is 5.99. The normalized spacial score (nSPS) is 10.5. The SMILES string of the molecule is CCN(c1ccc(C)cc1)c1nccc(CN)c1F. The number of nitrogens with two attached hydrogens (primary N) is 1. The van der Waals surface area contributed by atoms with Crippen LogP contribution in [-0.2, 0) is 6.54 Å². The van der Waals surface area contributed by atoms with Gasteiger partial charge in [-0.3, -0.25) is 0 Å². The number of rotatable bonds is 4. The first-order chi connectivity index (χ1) is 9.17. The number of hydrogen-bond donors (Lipinski definition) is 1. The van der Waals surface area contributed by atoms with Crippen molar-refractivity contribution < 1.29 is 4.39 Å². The molecule has 1 aromatic carbocycles. The van der Waals surface area contributed by atoms with Gasteiger partial charge in [-0.25, -0.2) is 9.37 Å². The summed E-state index contributed by atoms with van der Waals surface area (Å²) in [6, 6.07) is 9.55. The standard InChI is InChI=1S/C15H18FN3/c1-3-19(13-6-4-11(2)5-7-13)15-14(16)12(10-17)8-9-18-15/h4-9H,3,10,17H2,1-2H3. The van der Waals surface area contributed by atoms with E-state index >= 15 is 0 Å². The van der Waals surface area contributed by atoms with Crippen LogP contribution in [-0.4, -0.2) is 11.5 Å². The molecule has 1 heterocycles. The third-order valence-corrected chi connectivity index (χ3v) is 3.09. The molecule has 4 heteroatoms. The number of benzene rings is 1. The Bertz CT molecular complexity index is 552. The number of pyridine rings is 1. The first kappa shape index (κ1) is 13.5. The Morgan fingerprint density at radius 2 is 1.89 bits per heavy atom. The Labute approximate surface area is 112 Å². The summed E-state index contributed by atoms with van der Waals surface area (Å²) >= 11 is 0. The van der Waals surface area contributed by atoms with E-state index in [1.54, 1.807) is 12.3 Å². The van der Waals surface area contributed by atoms with Crippen LogP contribution >= 0.6 is 0 Å². The fourth-order valence-electron chi connectivity index (χ4n) is 2.00. The Balaban J connectivity index is 2.45. The van der Waals surface area contributed by atoms with Gasteiger partial charge < -0.3 is 10.6 Å². The molecule has 0 unspecified atom stereocenters. The summed E-state index contributed by atoms with van der Waals surface area (Å²) in [5.74, 6) is -0.0123. The van der Waals surface area contributed by atoms with E-state index < -0.39 is 0 Å². The molecule has 0 aliphatic rings. The molecule has 1 aromatic heterocycles. The zero-order valence-electron chi connectivity index (χ0n) is 11.2. The molecule has 0 spiro atoms. The summed E-state index contributed by atoms with van der Waals surface area (Å²) in [7, 11) is 0. The van der Waals surface area contributed by atoms with Crippen LogP contribution in [0.2, 0.25) is 0 Å². The molecule has 0 radical (unpaired) electrons. The van der Waals surface area contributed by atoms with Crippen molar-refractivity contribution in [2.75, 3.05) is 11.4 Å². The number of halogens is 1.